The third-order valence-corrected chi connectivity index (χ3v) is 8.03. The number of allylic oxidation sites excluding steroid dienone is 2. The molecule has 0 amide bonds. The van der Waals surface area contributed by atoms with Crippen LogP contribution < -0.4 is 0 Å². The Bertz CT molecular complexity index is 329. The SMILES string of the molecule is C/C=C/C#CC(O)[C@@H](C)CO[Si](C)(C)C(C)(C)C. The lowest BCUT2D eigenvalue weighted by Gasteiger charge is -2.37. The zero-order chi connectivity index (χ0) is 14.4. The first-order chi connectivity index (χ1) is 8.12. The van der Waals surface area contributed by atoms with Crippen LogP contribution >= 0.6 is 0 Å². The van der Waals surface area contributed by atoms with Gasteiger partial charge in [-0.1, -0.05) is 45.6 Å². The van der Waals surface area contributed by atoms with Crippen LogP contribution in [0.5, 0.6) is 0 Å². The first-order valence-electron chi connectivity index (χ1n) is 6.56. The van der Waals surface area contributed by atoms with E-state index in [0.717, 1.165) is 0 Å². The molecule has 18 heavy (non-hydrogen) atoms. The molecule has 1 unspecified atom stereocenters. The zero-order valence-electron chi connectivity index (χ0n) is 12.9. The predicted octanol–water partition coefficient (Wildman–Crippen LogP) is 3.58. The summed E-state index contributed by atoms with van der Waals surface area (Å²) in [6, 6.07) is 0. The smallest absolute Gasteiger partial charge is 0.191 e. The lowest BCUT2D eigenvalue weighted by atomic mass is 10.1. The Morgan fingerprint density at radius 3 is 2.33 bits per heavy atom. The largest absolute Gasteiger partial charge is 0.416 e. The molecule has 0 spiro atoms. The van der Waals surface area contributed by atoms with Crippen molar-refractivity contribution >= 4 is 8.32 Å². The second kappa shape index (κ2) is 7.13. The molecular weight excluding hydrogens is 240 g/mol. The highest BCUT2D eigenvalue weighted by Crippen LogP contribution is 2.36. The van der Waals surface area contributed by atoms with Gasteiger partial charge in [-0.3, -0.25) is 0 Å². The summed E-state index contributed by atoms with van der Waals surface area (Å²) < 4.78 is 6.08. The molecule has 0 radical (unpaired) electrons. The zero-order valence-corrected chi connectivity index (χ0v) is 13.9. The number of hydrogen-bond donors (Lipinski definition) is 1. The molecule has 1 N–H and O–H groups in total. The van der Waals surface area contributed by atoms with Gasteiger partial charge < -0.3 is 9.53 Å². The van der Waals surface area contributed by atoms with Crippen LogP contribution in [0.1, 0.15) is 34.6 Å². The third-order valence-electron chi connectivity index (χ3n) is 3.53. The van der Waals surface area contributed by atoms with Crippen molar-refractivity contribution in [1.29, 1.82) is 0 Å². The van der Waals surface area contributed by atoms with Gasteiger partial charge in [0.2, 0.25) is 0 Å². The average Bonchev–Trinajstić information content (AvgIpc) is 2.24. The molecule has 3 heteroatoms. The maximum Gasteiger partial charge on any atom is 0.191 e. The Kier molecular flexibility index (Phi) is 6.91. The van der Waals surface area contributed by atoms with Gasteiger partial charge in [0.25, 0.3) is 0 Å². The number of aliphatic hydroxyl groups is 1. The predicted molar refractivity (Wildman–Crippen MR) is 80.9 cm³/mol. The summed E-state index contributed by atoms with van der Waals surface area (Å²) >= 11 is 0. The Morgan fingerprint density at radius 1 is 1.33 bits per heavy atom. The lowest BCUT2D eigenvalue weighted by Crippen LogP contribution is -2.42. The number of hydrogen-bond acceptors (Lipinski definition) is 2. The molecule has 2 nitrogen and oxygen atoms in total. The highest BCUT2D eigenvalue weighted by Gasteiger charge is 2.37. The standard InChI is InChI=1S/C15H28O2Si/c1-8-9-10-11-14(16)13(2)12-17-18(6,7)15(3,4)5/h8-9,13-14,16H,12H2,1-7H3/b9-8+/t13-,14?/m0/s1. The van der Waals surface area contributed by atoms with Gasteiger partial charge in [0, 0.05) is 12.5 Å². The van der Waals surface area contributed by atoms with E-state index in [0.29, 0.717) is 6.61 Å². The second-order valence-corrected chi connectivity index (χ2v) is 11.1. The normalized spacial score (nSPS) is 16.2. The summed E-state index contributed by atoms with van der Waals surface area (Å²) in [5.41, 5.74) is 0. The first-order valence-corrected chi connectivity index (χ1v) is 9.47. The molecule has 0 saturated carbocycles. The molecule has 0 aromatic heterocycles. The third kappa shape index (κ3) is 5.86. The van der Waals surface area contributed by atoms with Gasteiger partial charge in [-0.15, -0.1) is 0 Å². The van der Waals surface area contributed by atoms with Crippen LogP contribution in [0.2, 0.25) is 18.1 Å². The molecule has 2 atom stereocenters. The van der Waals surface area contributed by atoms with Crippen LogP contribution in [0.15, 0.2) is 12.2 Å². The van der Waals surface area contributed by atoms with Crippen molar-refractivity contribution in [2.75, 3.05) is 6.61 Å². The maximum atomic E-state index is 9.87. The summed E-state index contributed by atoms with van der Waals surface area (Å²) in [5.74, 6) is 5.67. The van der Waals surface area contributed by atoms with Crippen molar-refractivity contribution < 1.29 is 9.53 Å². The van der Waals surface area contributed by atoms with Gasteiger partial charge in [-0.2, -0.15) is 0 Å². The van der Waals surface area contributed by atoms with Crippen LogP contribution in [-0.4, -0.2) is 26.1 Å². The van der Waals surface area contributed by atoms with E-state index >= 15 is 0 Å². The minimum Gasteiger partial charge on any atom is -0.416 e. The van der Waals surface area contributed by atoms with Gasteiger partial charge >= 0.3 is 0 Å². The lowest BCUT2D eigenvalue weighted by molar-refractivity contribution is 0.121. The highest BCUT2D eigenvalue weighted by atomic mass is 28.4. The first kappa shape index (κ1) is 17.4. The summed E-state index contributed by atoms with van der Waals surface area (Å²) in [6.07, 6.45) is 2.98. The maximum absolute atomic E-state index is 9.87. The van der Waals surface area contributed by atoms with E-state index < -0.39 is 14.4 Å². The molecule has 0 aliphatic carbocycles. The van der Waals surface area contributed by atoms with E-state index in [1.165, 1.54) is 0 Å². The Labute approximate surface area is 114 Å². The molecule has 0 aliphatic rings. The van der Waals surface area contributed by atoms with Gasteiger partial charge in [0.1, 0.15) is 6.10 Å². The quantitative estimate of drug-likeness (QED) is 0.624. The Balaban J connectivity index is 4.35. The fourth-order valence-corrected chi connectivity index (χ4v) is 2.12. The molecule has 104 valence electrons. The summed E-state index contributed by atoms with van der Waals surface area (Å²) in [7, 11) is -1.72. The van der Waals surface area contributed by atoms with E-state index in [2.05, 4.69) is 45.7 Å². The summed E-state index contributed by atoms with van der Waals surface area (Å²) in [6.45, 7) is 15.5. The molecule has 0 aromatic carbocycles. The van der Waals surface area contributed by atoms with Gasteiger partial charge in [-0.25, -0.2) is 0 Å². The molecule has 0 fully saturated rings. The summed E-state index contributed by atoms with van der Waals surface area (Å²) in [4.78, 5) is 0. The molecule has 0 aliphatic heterocycles. The minimum absolute atomic E-state index is 0.0388. The Hall–Kier alpha value is -0.563. The minimum atomic E-state index is -1.72. The highest BCUT2D eigenvalue weighted by molar-refractivity contribution is 6.74. The van der Waals surface area contributed by atoms with Crippen molar-refractivity contribution in [1.82, 2.24) is 0 Å². The topological polar surface area (TPSA) is 29.5 Å². The average molecular weight is 268 g/mol. The van der Waals surface area contributed by atoms with Crippen LogP contribution in [0.3, 0.4) is 0 Å². The van der Waals surface area contributed by atoms with E-state index in [4.69, 9.17) is 4.43 Å². The van der Waals surface area contributed by atoms with Crippen LogP contribution in [-0.2, 0) is 4.43 Å². The van der Waals surface area contributed by atoms with Gasteiger partial charge in [0.05, 0.1) is 0 Å². The van der Waals surface area contributed by atoms with E-state index in [1.54, 1.807) is 6.08 Å². The van der Waals surface area contributed by atoms with Crippen molar-refractivity contribution in [3.63, 3.8) is 0 Å². The van der Waals surface area contributed by atoms with E-state index in [1.807, 2.05) is 19.9 Å². The van der Waals surface area contributed by atoms with Crippen molar-refractivity contribution in [2.24, 2.45) is 5.92 Å². The fourth-order valence-electron chi connectivity index (χ4n) is 1.01. The Morgan fingerprint density at radius 2 is 1.89 bits per heavy atom. The van der Waals surface area contributed by atoms with Crippen molar-refractivity contribution in [2.45, 2.75) is 58.9 Å². The van der Waals surface area contributed by atoms with Crippen molar-refractivity contribution in [3.05, 3.63) is 12.2 Å². The molecule has 0 bridgehead atoms. The van der Waals surface area contributed by atoms with Crippen LogP contribution in [0.4, 0.5) is 0 Å². The summed E-state index contributed by atoms with van der Waals surface area (Å²) in [5, 5.41) is 10.1. The second-order valence-electron chi connectivity index (χ2n) is 6.28. The number of rotatable bonds is 4. The van der Waals surface area contributed by atoms with E-state index in [9.17, 15) is 5.11 Å². The van der Waals surface area contributed by atoms with Crippen LogP contribution in [0.25, 0.3) is 0 Å². The molecule has 0 heterocycles. The van der Waals surface area contributed by atoms with Gasteiger partial charge in [-0.05, 0) is 31.1 Å². The van der Waals surface area contributed by atoms with Crippen LogP contribution in [0, 0.1) is 17.8 Å². The fraction of sp³-hybridized carbons (Fsp3) is 0.733. The molecule has 0 saturated heterocycles. The van der Waals surface area contributed by atoms with Gasteiger partial charge in [0.15, 0.2) is 8.32 Å². The number of aliphatic hydroxyl groups excluding tert-OH is 1. The van der Waals surface area contributed by atoms with Crippen molar-refractivity contribution in [3.8, 4) is 11.8 Å². The molecule has 0 aromatic rings. The molecule has 0 rings (SSSR count). The van der Waals surface area contributed by atoms with E-state index in [-0.39, 0.29) is 11.0 Å². The molecular formula is C15H28O2Si. The monoisotopic (exact) mass is 268 g/mol.